The highest BCUT2D eigenvalue weighted by Gasteiger charge is 2.29. The molecule has 1 fully saturated rings. The van der Waals surface area contributed by atoms with Gasteiger partial charge in [0, 0.05) is 55.5 Å². The zero-order chi connectivity index (χ0) is 20.4. The quantitative estimate of drug-likeness (QED) is 0.806. The second-order valence-electron chi connectivity index (χ2n) is 7.64. The van der Waals surface area contributed by atoms with Crippen molar-refractivity contribution in [1.29, 1.82) is 0 Å². The highest BCUT2D eigenvalue weighted by Crippen LogP contribution is 2.34. The number of anilines is 1. The van der Waals surface area contributed by atoms with Crippen LogP contribution in [0, 0.1) is 5.92 Å². The Morgan fingerprint density at radius 3 is 2.62 bits per heavy atom. The van der Waals surface area contributed by atoms with Crippen LogP contribution in [0.5, 0.6) is 0 Å². The summed E-state index contributed by atoms with van der Waals surface area (Å²) in [6.45, 7) is 5.27. The van der Waals surface area contributed by atoms with E-state index in [1.165, 1.54) is 4.88 Å². The Kier molecular flexibility index (Phi) is 6.06. The van der Waals surface area contributed by atoms with Crippen LogP contribution in [-0.4, -0.2) is 47.9 Å². The Morgan fingerprint density at radius 1 is 1.21 bits per heavy atom. The number of fused-ring (bicyclic) bond motifs is 1. The number of hydrogen-bond acceptors (Lipinski definition) is 5. The second kappa shape index (κ2) is 8.71. The average Bonchev–Trinajstić information content (AvgIpc) is 3.16. The van der Waals surface area contributed by atoms with Gasteiger partial charge in [-0.1, -0.05) is 23.7 Å². The summed E-state index contributed by atoms with van der Waals surface area (Å²) in [5.74, 6) is 0.240. The summed E-state index contributed by atoms with van der Waals surface area (Å²) in [6, 6.07) is 7.54. The van der Waals surface area contributed by atoms with Crippen molar-refractivity contribution in [2.75, 3.05) is 31.1 Å². The van der Waals surface area contributed by atoms with Crippen LogP contribution in [0.2, 0.25) is 5.02 Å². The molecule has 0 bridgehead atoms. The predicted molar refractivity (Wildman–Crippen MR) is 115 cm³/mol. The standard InChI is InChI=1S/C21H25ClN4O2S/c1-14(27)25-8-10-26(11-9-25)21-24-18-7-4-16(12-19(18)29-21)20(28)23-13-15-2-5-17(22)6-3-15/h2-3,5-6,16H,4,7-13H2,1H3,(H,23,28)/t16-/m0/s1. The number of carbonyl (C=O) groups excluding carboxylic acids is 2. The number of amides is 2. The maximum atomic E-state index is 12.7. The van der Waals surface area contributed by atoms with Crippen molar-refractivity contribution >= 4 is 39.9 Å². The van der Waals surface area contributed by atoms with E-state index in [1.807, 2.05) is 29.2 Å². The van der Waals surface area contributed by atoms with Crippen LogP contribution >= 0.6 is 22.9 Å². The smallest absolute Gasteiger partial charge is 0.223 e. The van der Waals surface area contributed by atoms with E-state index in [0.717, 1.165) is 61.8 Å². The average molecular weight is 433 g/mol. The fraction of sp³-hybridized carbons (Fsp3) is 0.476. The van der Waals surface area contributed by atoms with Crippen molar-refractivity contribution in [1.82, 2.24) is 15.2 Å². The van der Waals surface area contributed by atoms with Gasteiger partial charge in [0.1, 0.15) is 0 Å². The predicted octanol–water partition coefficient (Wildman–Crippen LogP) is 2.89. The Hall–Kier alpha value is -2.12. The zero-order valence-electron chi connectivity index (χ0n) is 16.5. The first kappa shape index (κ1) is 20.2. The summed E-state index contributed by atoms with van der Waals surface area (Å²) in [6.07, 6.45) is 2.44. The first-order chi connectivity index (χ1) is 14.0. The molecule has 2 aromatic rings. The van der Waals surface area contributed by atoms with E-state index in [2.05, 4.69) is 10.2 Å². The van der Waals surface area contributed by atoms with E-state index >= 15 is 0 Å². The Bertz CT molecular complexity index is 891. The molecular formula is C21H25ClN4O2S. The van der Waals surface area contributed by atoms with Crippen molar-refractivity contribution in [3.05, 3.63) is 45.4 Å². The van der Waals surface area contributed by atoms with Crippen molar-refractivity contribution in [2.45, 2.75) is 32.7 Å². The molecule has 0 unspecified atom stereocenters. The number of nitrogens with zero attached hydrogens (tertiary/aromatic N) is 3. The summed E-state index contributed by atoms with van der Waals surface area (Å²) in [5, 5.41) is 4.78. The van der Waals surface area contributed by atoms with E-state index in [-0.39, 0.29) is 17.7 Å². The van der Waals surface area contributed by atoms with E-state index in [4.69, 9.17) is 16.6 Å². The molecule has 0 saturated carbocycles. The van der Waals surface area contributed by atoms with Gasteiger partial charge in [-0.25, -0.2) is 4.98 Å². The second-order valence-corrected chi connectivity index (χ2v) is 9.14. The van der Waals surface area contributed by atoms with Gasteiger partial charge in [-0.05, 0) is 37.0 Å². The van der Waals surface area contributed by atoms with Gasteiger partial charge in [-0.3, -0.25) is 9.59 Å². The number of rotatable bonds is 4. The van der Waals surface area contributed by atoms with E-state index in [0.29, 0.717) is 11.6 Å². The molecule has 1 aliphatic heterocycles. The Labute approximate surface area is 179 Å². The molecule has 1 atom stereocenters. The maximum absolute atomic E-state index is 12.7. The van der Waals surface area contributed by atoms with Gasteiger partial charge in [0.2, 0.25) is 11.8 Å². The van der Waals surface area contributed by atoms with E-state index < -0.39 is 0 Å². The minimum absolute atomic E-state index is 0.00217. The largest absolute Gasteiger partial charge is 0.352 e. The molecule has 2 heterocycles. The van der Waals surface area contributed by atoms with Crippen LogP contribution in [-0.2, 0) is 29.0 Å². The van der Waals surface area contributed by atoms with Gasteiger partial charge in [-0.15, -0.1) is 11.3 Å². The highest BCUT2D eigenvalue weighted by atomic mass is 35.5. The van der Waals surface area contributed by atoms with Gasteiger partial charge >= 0.3 is 0 Å². The molecule has 0 spiro atoms. The van der Waals surface area contributed by atoms with E-state index in [1.54, 1.807) is 18.3 Å². The number of carbonyl (C=O) groups is 2. The maximum Gasteiger partial charge on any atom is 0.223 e. The number of piperazine rings is 1. The van der Waals surface area contributed by atoms with Crippen LogP contribution < -0.4 is 10.2 Å². The summed E-state index contributed by atoms with van der Waals surface area (Å²) < 4.78 is 0. The van der Waals surface area contributed by atoms with Gasteiger partial charge in [0.25, 0.3) is 0 Å². The number of aryl methyl sites for hydroxylation is 1. The first-order valence-electron chi connectivity index (χ1n) is 10.0. The molecule has 154 valence electrons. The van der Waals surface area contributed by atoms with Crippen molar-refractivity contribution in [3.63, 3.8) is 0 Å². The number of nitrogens with one attached hydrogen (secondary N) is 1. The topological polar surface area (TPSA) is 65.5 Å². The normalized spacial score (nSPS) is 19.0. The highest BCUT2D eigenvalue weighted by molar-refractivity contribution is 7.15. The Morgan fingerprint density at radius 2 is 1.93 bits per heavy atom. The lowest BCUT2D eigenvalue weighted by atomic mass is 9.90. The number of thiazole rings is 1. The third-order valence-corrected chi connectivity index (χ3v) is 7.11. The lowest BCUT2D eigenvalue weighted by molar-refractivity contribution is -0.129. The van der Waals surface area contributed by atoms with Crippen molar-refractivity contribution < 1.29 is 9.59 Å². The molecule has 1 N–H and O–H groups in total. The summed E-state index contributed by atoms with van der Waals surface area (Å²) in [4.78, 5) is 34.4. The minimum atomic E-state index is -0.00217. The molecule has 1 saturated heterocycles. The fourth-order valence-corrected chi connectivity index (χ4v) is 5.23. The van der Waals surface area contributed by atoms with Crippen LogP contribution in [0.25, 0.3) is 0 Å². The van der Waals surface area contributed by atoms with Crippen LogP contribution in [0.4, 0.5) is 5.13 Å². The third kappa shape index (κ3) is 4.73. The summed E-state index contributed by atoms with van der Waals surface area (Å²) in [7, 11) is 0. The lowest BCUT2D eigenvalue weighted by Gasteiger charge is -2.33. The van der Waals surface area contributed by atoms with Crippen LogP contribution in [0.15, 0.2) is 24.3 Å². The Balaban J connectivity index is 1.33. The number of halogens is 1. The molecule has 29 heavy (non-hydrogen) atoms. The molecule has 6 nitrogen and oxygen atoms in total. The number of hydrogen-bond donors (Lipinski definition) is 1. The molecule has 1 aliphatic carbocycles. The van der Waals surface area contributed by atoms with Gasteiger partial charge in [0.05, 0.1) is 5.69 Å². The zero-order valence-corrected chi connectivity index (χ0v) is 18.1. The molecule has 8 heteroatoms. The molecule has 4 rings (SSSR count). The van der Waals surface area contributed by atoms with Gasteiger partial charge < -0.3 is 15.1 Å². The molecule has 0 radical (unpaired) electrons. The summed E-state index contributed by atoms with van der Waals surface area (Å²) in [5.41, 5.74) is 2.18. The first-order valence-corrected chi connectivity index (χ1v) is 11.2. The van der Waals surface area contributed by atoms with Gasteiger partial charge in [0.15, 0.2) is 5.13 Å². The fourth-order valence-electron chi connectivity index (χ4n) is 3.87. The van der Waals surface area contributed by atoms with Crippen LogP contribution in [0.3, 0.4) is 0 Å². The van der Waals surface area contributed by atoms with E-state index in [9.17, 15) is 9.59 Å². The lowest BCUT2D eigenvalue weighted by Crippen LogP contribution is -2.48. The van der Waals surface area contributed by atoms with Gasteiger partial charge in [-0.2, -0.15) is 0 Å². The third-order valence-electron chi connectivity index (χ3n) is 5.67. The van der Waals surface area contributed by atoms with Crippen LogP contribution in [0.1, 0.15) is 29.5 Å². The monoisotopic (exact) mass is 432 g/mol. The summed E-state index contributed by atoms with van der Waals surface area (Å²) >= 11 is 7.62. The molecule has 1 aromatic carbocycles. The molecular weight excluding hydrogens is 408 g/mol. The van der Waals surface area contributed by atoms with Crippen molar-refractivity contribution in [3.8, 4) is 0 Å². The number of benzene rings is 1. The minimum Gasteiger partial charge on any atom is -0.352 e. The van der Waals surface area contributed by atoms with Crippen molar-refractivity contribution in [2.24, 2.45) is 5.92 Å². The molecule has 1 aromatic heterocycles. The molecule has 2 aliphatic rings. The molecule has 2 amide bonds. The SMILES string of the molecule is CC(=O)N1CCN(c2nc3c(s2)C[C@@H](C(=O)NCc2ccc(Cl)cc2)CC3)CC1. The number of aromatic nitrogens is 1.